The smallest absolute Gasteiger partial charge is 0.326 e. The van der Waals surface area contributed by atoms with Crippen molar-refractivity contribution in [2.45, 2.75) is 37.8 Å². The van der Waals surface area contributed by atoms with Crippen molar-refractivity contribution < 1.29 is 89.5 Å². The van der Waals surface area contributed by atoms with Gasteiger partial charge in [-0.25, -0.2) is 14.4 Å². The van der Waals surface area contributed by atoms with Crippen molar-refractivity contribution in [1.29, 1.82) is 0 Å². The van der Waals surface area contributed by atoms with E-state index in [0.717, 1.165) is 12.2 Å². The summed E-state index contributed by atoms with van der Waals surface area (Å²) in [4.78, 5) is 108. The van der Waals surface area contributed by atoms with Crippen molar-refractivity contribution in [3.63, 3.8) is 0 Å². The number of carboxylic acid groups (broad SMARTS) is 4. The Morgan fingerprint density at radius 3 is 1.15 bits per heavy atom. The number of carbonyl (C=O) groups excluding carboxylic acids is 5. The highest BCUT2D eigenvalue weighted by atomic mass is 32.2. The van der Waals surface area contributed by atoms with E-state index in [4.69, 9.17) is 10.2 Å². The van der Waals surface area contributed by atoms with E-state index in [2.05, 4.69) is 42.3 Å². The Labute approximate surface area is 416 Å². The number of allylic oxidation sites excluding steroid dienone is 2. The van der Waals surface area contributed by atoms with E-state index >= 15 is 0 Å². The van der Waals surface area contributed by atoms with Gasteiger partial charge < -0.3 is 41.7 Å². The molecule has 0 spiro atoms. The Morgan fingerprint density at radius 2 is 0.838 bits per heavy atom. The lowest BCUT2D eigenvalue weighted by molar-refractivity contribution is -0.142. The predicted molar refractivity (Wildman–Crippen MR) is 260 cm³/mol. The van der Waals surface area contributed by atoms with Crippen LogP contribution in [0, 0.1) is 0 Å². The van der Waals surface area contributed by atoms with E-state index in [1.807, 2.05) is 0 Å². The molecule has 0 fully saturated rings. The normalized spacial score (nSPS) is 15.0. The molecule has 2 aliphatic carbocycles. The second kappa shape index (κ2) is 22.3. The Kier molecular flexibility index (Phi) is 16.3. The van der Waals surface area contributed by atoms with Crippen LogP contribution in [0.25, 0.3) is 12.2 Å². The SMILES string of the molecule is O=C(O)CCC(NC(=O)c1ccc(N/N=C2\C(=O)c3ccc(NC(=O)Nc4ccc5c(c4)C=C(S(=O)(=O)O)/C(=N/Nc4ccc(C(=O)NC(CCC(=O)O)C(=O)O)cc4)C5=O)cc3C=C2S(=O)(=O)O)cc1)C(=O)O. The molecule has 384 valence electrons. The third-order valence-electron chi connectivity index (χ3n) is 10.5. The molecule has 0 radical (unpaired) electrons. The molecule has 4 amide bonds. The number of Topliss-reactive ketones (excluding diaryl/α,β-unsaturated/α-hetero) is 2. The molecule has 0 saturated carbocycles. The molecular formula is C45H38N8O19S2. The van der Waals surface area contributed by atoms with Gasteiger partial charge >= 0.3 is 29.9 Å². The number of nitrogens with one attached hydrogen (secondary N) is 6. The van der Waals surface area contributed by atoms with Crippen molar-refractivity contribution in [3.05, 3.63) is 128 Å². The van der Waals surface area contributed by atoms with Crippen LogP contribution in [0.4, 0.5) is 27.5 Å². The molecule has 4 aromatic rings. The maximum atomic E-state index is 13.6. The topological polar surface area (TPSA) is 440 Å². The zero-order chi connectivity index (χ0) is 54.2. The Balaban J connectivity index is 1.12. The van der Waals surface area contributed by atoms with Gasteiger partial charge in [-0.05, 0) is 121 Å². The van der Waals surface area contributed by atoms with Crippen LogP contribution in [0.15, 0.2) is 105 Å². The average molecular weight is 1060 g/mol. The third-order valence-corrected chi connectivity index (χ3v) is 12.3. The van der Waals surface area contributed by atoms with E-state index < -0.39 is 120 Å². The molecule has 0 aromatic heterocycles. The van der Waals surface area contributed by atoms with E-state index in [1.54, 1.807) is 0 Å². The number of carboxylic acids is 4. The number of anilines is 4. The van der Waals surface area contributed by atoms with Gasteiger partial charge in [-0.3, -0.25) is 48.7 Å². The zero-order valence-corrected chi connectivity index (χ0v) is 39.1. The number of nitrogens with zero attached hydrogens (tertiary/aromatic N) is 2. The van der Waals surface area contributed by atoms with E-state index in [1.165, 1.54) is 84.9 Å². The molecule has 4 aromatic carbocycles. The van der Waals surface area contributed by atoms with Crippen LogP contribution in [0.2, 0.25) is 0 Å². The van der Waals surface area contributed by atoms with E-state index in [-0.39, 0.29) is 69.0 Å². The second-order valence-corrected chi connectivity index (χ2v) is 18.5. The number of amides is 4. The van der Waals surface area contributed by atoms with E-state index in [9.17, 15) is 79.3 Å². The van der Waals surface area contributed by atoms with Gasteiger partial charge in [0, 0.05) is 46.5 Å². The fourth-order valence-electron chi connectivity index (χ4n) is 6.90. The first kappa shape index (κ1) is 53.9. The quantitative estimate of drug-likeness (QED) is 0.0446. The van der Waals surface area contributed by atoms with E-state index in [0.29, 0.717) is 0 Å². The monoisotopic (exact) mass is 1060 g/mol. The van der Waals surface area contributed by atoms with Gasteiger partial charge in [0.15, 0.2) is 11.4 Å². The van der Waals surface area contributed by atoms with Gasteiger partial charge in [-0.2, -0.15) is 27.0 Å². The van der Waals surface area contributed by atoms with Crippen LogP contribution in [0.1, 0.15) is 78.2 Å². The first-order valence-electron chi connectivity index (χ1n) is 21.0. The summed E-state index contributed by atoms with van der Waals surface area (Å²) < 4.78 is 70.1. The second-order valence-electron chi connectivity index (χ2n) is 15.7. The van der Waals surface area contributed by atoms with Crippen molar-refractivity contribution in [2.75, 3.05) is 21.5 Å². The lowest BCUT2D eigenvalue weighted by Crippen LogP contribution is -2.41. The van der Waals surface area contributed by atoms with Gasteiger partial charge in [0.25, 0.3) is 32.1 Å². The lowest BCUT2D eigenvalue weighted by atomic mass is 9.94. The Bertz CT molecular complexity index is 3180. The zero-order valence-electron chi connectivity index (χ0n) is 37.4. The predicted octanol–water partition coefficient (Wildman–Crippen LogP) is 3.21. The third kappa shape index (κ3) is 13.5. The summed E-state index contributed by atoms with van der Waals surface area (Å²) in [6.07, 6.45) is 0.0133. The number of rotatable bonds is 20. The number of hydrogen-bond donors (Lipinski definition) is 12. The number of hydrazone groups is 2. The van der Waals surface area contributed by atoms with Crippen LogP contribution < -0.4 is 32.1 Å². The van der Waals surface area contributed by atoms with Crippen molar-refractivity contribution >= 4 is 120 Å². The number of fused-ring (bicyclic) bond motifs is 2. The summed E-state index contributed by atoms with van der Waals surface area (Å²) in [5.74, 6) is -9.10. The number of carbonyl (C=O) groups is 9. The first-order valence-corrected chi connectivity index (χ1v) is 23.9. The maximum absolute atomic E-state index is 13.6. The first-order chi connectivity index (χ1) is 34.8. The minimum atomic E-state index is -5.13. The largest absolute Gasteiger partial charge is 0.481 e. The summed E-state index contributed by atoms with van der Waals surface area (Å²) in [5.41, 5.74) is 3.08. The summed E-state index contributed by atoms with van der Waals surface area (Å²) >= 11 is 0. The highest BCUT2D eigenvalue weighted by molar-refractivity contribution is 7.91. The van der Waals surface area contributed by atoms with Crippen LogP contribution in [-0.2, 0) is 39.4 Å². The molecule has 12 N–H and O–H groups in total. The average Bonchev–Trinajstić information content (AvgIpc) is 3.32. The summed E-state index contributed by atoms with van der Waals surface area (Å²) in [6, 6.07) is 13.4. The number of hydrogen-bond acceptors (Lipinski definition) is 17. The molecular weight excluding hydrogens is 1020 g/mol. The highest BCUT2D eigenvalue weighted by Crippen LogP contribution is 2.30. The summed E-state index contributed by atoms with van der Waals surface area (Å²) in [7, 11) is -10.3. The van der Waals surface area contributed by atoms with Gasteiger partial charge in [0.05, 0.1) is 11.4 Å². The molecule has 2 atom stereocenters. The molecule has 0 aliphatic heterocycles. The molecule has 2 unspecified atom stereocenters. The molecule has 0 bridgehead atoms. The van der Waals surface area contributed by atoms with Crippen LogP contribution in [0.3, 0.4) is 0 Å². The maximum Gasteiger partial charge on any atom is 0.326 e. The van der Waals surface area contributed by atoms with Gasteiger partial charge in [0.2, 0.25) is 11.6 Å². The summed E-state index contributed by atoms with van der Waals surface area (Å²) in [5, 5.41) is 53.4. The molecule has 6 rings (SSSR count). The number of aliphatic carboxylic acids is 4. The standard InChI is InChI=1S/C45H38N8O19S2/c54-35(55)15-13-31(43(62)63)48-41(60)21-1-5-25(6-2-21)50-52-37-33(73(67,68)69)19-23-17-27(9-11-29(23)39(37)58)46-45(66)47-28-10-12-30-24(18-28)20-34(74(70,71)72)38(40(30)59)53-51-26-7-3-22(4-8-26)42(61)49-32(44(64)65)14-16-36(56)57/h1-12,17-20,31-32,50-51H,13-16H2,(H,48,60)(H,49,61)(H,54,55)(H,56,57)(H,62,63)(H,64,65)(H2,46,47,66)(H,67,68,69)(H,70,71,72)/b52-37-,53-38-. The number of benzene rings is 4. The lowest BCUT2D eigenvalue weighted by Gasteiger charge is -2.18. The fraction of sp³-hybridized carbons (Fsp3) is 0.133. The van der Waals surface area contributed by atoms with Crippen molar-refractivity contribution in [2.24, 2.45) is 10.2 Å². The minimum absolute atomic E-state index is 0.00745. The minimum Gasteiger partial charge on any atom is -0.481 e. The molecule has 0 saturated heterocycles. The highest BCUT2D eigenvalue weighted by Gasteiger charge is 2.35. The van der Waals surface area contributed by atoms with Crippen LogP contribution in [-0.4, -0.2) is 123 Å². The summed E-state index contributed by atoms with van der Waals surface area (Å²) in [6.45, 7) is 0. The van der Waals surface area contributed by atoms with Gasteiger partial charge in [0.1, 0.15) is 21.9 Å². The Hall–Kier alpha value is -9.45. The van der Waals surface area contributed by atoms with Gasteiger partial charge in [-0.15, -0.1) is 0 Å². The molecule has 29 heteroatoms. The Morgan fingerprint density at radius 1 is 0.500 bits per heavy atom. The van der Waals surface area contributed by atoms with Crippen molar-refractivity contribution in [3.8, 4) is 0 Å². The number of ketones is 2. The molecule has 0 heterocycles. The van der Waals surface area contributed by atoms with Crippen molar-refractivity contribution in [1.82, 2.24) is 10.6 Å². The molecule has 27 nitrogen and oxygen atoms in total. The van der Waals surface area contributed by atoms with Crippen LogP contribution >= 0.6 is 0 Å². The molecule has 2 aliphatic rings. The molecule has 74 heavy (non-hydrogen) atoms. The fourth-order valence-corrected chi connectivity index (χ4v) is 8.21. The van der Waals surface area contributed by atoms with Crippen LogP contribution in [0.5, 0.6) is 0 Å². The number of urea groups is 1. The van der Waals surface area contributed by atoms with Gasteiger partial charge in [-0.1, -0.05) is 0 Å².